The van der Waals surface area contributed by atoms with E-state index in [0.717, 1.165) is 31.2 Å². The number of hydrogen-bond donors (Lipinski definition) is 0. The van der Waals surface area contributed by atoms with E-state index in [2.05, 4.69) is 4.90 Å². The number of carbonyl (C=O) groups is 2. The summed E-state index contributed by atoms with van der Waals surface area (Å²) in [5.74, 6) is -0.0205. The van der Waals surface area contributed by atoms with Gasteiger partial charge in [-0.2, -0.15) is 0 Å². The summed E-state index contributed by atoms with van der Waals surface area (Å²) in [5.41, 5.74) is 0.221. The first-order valence-corrected chi connectivity index (χ1v) is 10.7. The molecule has 0 bridgehead atoms. The van der Waals surface area contributed by atoms with Gasteiger partial charge in [-0.15, -0.1) is 0 Å². The minimum absolute atomic E-state index is 0.125. The van der Waals surface area contributed by atoms with Crippen LogP contribution in [0, 0.1) is 5.82 Å². The van der Waals surface area contributed by atoms with E-state index in [4.69, 9.17) is 4.74 Å². The van der Waals surface area contributed by atoms with Crippen molar-refractivity contribution < 1.29 is 18.7 Å². The molecule has 0 spiro atoms. The number of nitrogens with zero attached hydrogens (tertiary/aromatic N) is 3. The van der Waals surface area contributed by atoms with E-state index in [0.29, 0.717) is 59.0 Å². The van der Waals surface area contributed by atoms with E-state index in [1.165, 1.54) is 12.1 Å². The summed E-state index contributed by atoms with van der Waals surface area (Å²) in [5, 5.41) is 0. The first kappa shape index (κ1) is 20.3. The maximum atomic E-state index is 13.8. The number of ether oxygens (including phenoxy) is 1. The summed E-state index contributed by atoms with van der Waals surface area (Å²) in [6.07, 6.45) is 3.56. The Kier molecular flexibility index (Phi) is 6.15. The van der Waals surface area contributed by atoms with E-state index in [1.54, 1.807) is 6.07 Å². The first-order chi connectivity index (χ1) is 14.1. The van der Waals surface area contributed by atoms with Crippen LogP contribution in [0.3, 0.4) is 0 Å². The Morgan fingerprint density at radius 1 is 0.966 bits per heavy atom. The Morgan fingerprint density at radius 3 is 2.31 bits per heavy atom. The molecule has 3 fully saturated rings. The molecule has 2 saturated heterocycles. The second-order valence-corrected chi connectivity index (χ2v) is 8.36. The van der Waals surface area contributed by atoms with Crippen molar-refractivity contribution in [3.05, 3.63) is 35.6 Å². The van der Waals surface area contributed by atoms with Crippen LogP contribution in [0.2, 0.25) is 0 Å². The summed E-state index contributed by atoms with van der Waals surface area (Å²) in [4.78, 5) is 31.9. The van der Waals surface area contributed by atoms with Gasteiger partial charge in [-0.1, -0.05) is 25.0 Å². The third-order valence-corrected chi connectivity index (χ3v) is 6.63. The van der Waals surface area contributed by atoms with Crippen molar-refractivity contribution >= 4 is 11.8 Å². The third-order valence-electron chi connectivity index (χ3n) is 6.63. The Hall–Kier alpha value is -1.99. The predicted octanol–water partition coefficient (Wildman–Crippen LogP) is 1.64. The molecule has 3 aliphatic rings. The number of hydrogen-bond acceptors (Lipinski definition) is 4. The van der Waals surface area contributed by atoms with Crippen LogP contribution < -0.4 is 0 Å². The minimum Gasteiger partial charge on any atom is -0.378 e. The fourth-order valence-electron chi connectivity index (χ4n) is 4.91. The van der Waals surface area contributed by atoms with Crippen LogP contribution in [-0.4, -0.2) is 85.5 Å². The topological polar surface area (TPSA) is 53.1 Å². The highest BCUT2D eigenvalue weighted by Crippen LogP contribution is 2.43. The van der Waals surface area contributed by atoms with Gasteiger partial charge in [0.1, 0.15) is 5.82 Å². The predicted molar refractivity (Wildman–Crippen MR) is 107 cm³/mol. The maximum absolute atomic E-state index is 13.8. The average molecular weight is 403 g/mol. The van der Waals surface area contributed by atoms with E-state index in [9.17, 15) is 14.0 Å². The molecule has 1 saturated carbocycles. The normalized spacial score (nSPS) is 22.7. The highest BCUT2D eigenvalue weighted by atomic mass is 19.1. The molecule has 2 amide bonds. The third kappa shape index (κ3) is 4.31. The van der Waals surface area contributed by atoms with Gasteiger partial charge in [0.2, 0.25) is 11.8 Å². The number of carbonyl (C=O) groups excluding carboxylic acids is 2. The van der Waals surface area contributed by atoms with Gasteiger partial charge in [0.25, 0.3) is 0 Å². The lowest BCUT2D eigenvalue weighted by Crippen LogP contribution is -2.55. The average Bonchev–Trinajstić information content (AvgIpc) is 3.26. The van der Waals surface area contributed by atoms with Gasteiger partial charge < -0.3 is 14.5 Å². The number of morpholine rings is 1. The molecule has 0 unspecified atom stereocenters. The van der Waals surface area contributed by atoms with Crippen LogP contribution in [0.15, 0.2) is 24.3 Å². The Bertz CT molecular complexity index is 737. The van der Waals surface area contributed by atoms with Gasteiger partial charge in [0.05, 0.1) is 25.2 Å². The zero-order chi connectivity index (χ0) is 20.3. The van der Waals surface area contributed by atoms with E-state index in [-0.39, 0.29) is 17.6 Å². The molecule has 2 aliphatic heterocycles. The van der Waals surface area contributed by atoms with Crippen molar-refractivity contribution in [2.45, 2.75) is 31.1 Å². The highest BCUT2D eigenvalue weighted by Gasteiger charge is 2.45. The number of halogens is 1. The Morgan fingerprint density at radius 2 is 1.66 bits per heavy atom. The summed E-state index contributed by atoms with van der Waals surface area (Å²) in [6.45, 7) is 5.56. The smallest absolute Gasteiger partial charge is 0.236 e. The molecule has 2 heterocycles. The molecular weight excluding hydrogens is 373 g/mol. The molecule has 0 radical (unpaired) electrons. The van der Waals surface area contributed by atoms with Crippen LogP contribution in [0.4, 0.5) is 4.39 Å². The number of piperazine rings is 1. The fourth-order valence-corrected chi connectivity index (χ4v) is 4.91. The molecule has 158 valence electrons. The quantitative estimate of drug-likeness (QED) is 0.767. The van der Waals surface area contributed by atoms with Crippen molar-refractivity contribution in [3.63, 3.8) is 0 Å². The molecule has 4 rings (SSSR count). The zero-order valence-corrected chi connectivity index (χ0v) is 16.9. The SMILES string of the molecule is O=C(CN1CCN(C(=O)C2(c3cccc(F)c3)CCCC2)CC1)N1CCOCC1. The van der Waals surface area contributed by atoms with Crippen LogP contribution in [-0.2, 0) is 19.7 Å². The summed E-state index contributed by atoms with van der Waals surface area (Å²) < 4.78 is 19.2. The number of benzene rings is 1. The van der Waals surface area contributed by atoms with Gasteiger partial charge in [-0.3, -0.25) is 14.5 Å². The van der Waals surface area contributed by atoms with Gasteiger partial charge in [-0.05, 0) is 30.5 Å². The maximum Gasteiger partial charge on any atom is 0.236 e. The lowest BCUT2D eigenvalue weighted by Gasteiger charge is -2.40. The largest absolute Gasteiger partial charge is 0.378 e. The van der Waals surface area contributed by atoms with Crippen LogP contribution in [0.5, 0.6) is 0 Å². The summed E-state index contributed by atoms with van der Waals surface area (Å²) >= 11 is 0. The van der Waals surface area contributed by atoms with Gasteiger partial charge in [-0.25, -0.2) is 4.39 Å². The van der Waals surface area contributed by atoms with Crippen LogP contribution in [0.1, 0.15) is 31.2 Å². The van der Waals surface area contributed by atoms with Crippen molar-refractivity contribution in [2.24, 2.45) is 0 Å². The van der Waals surface area contributed by atoms with E-state index < -0.39 is 5.41 Å². The fraction of sp³-hybridized carbons (Fsp3) is 0.636. The summed E-state index contributed by atoms with van der Waals surface area (Å²) in [7, 11) is 0. The Labute approximate surface area is 171 Å². The lowest BCUT2D eigenvalue weighted by molar-refractivity contribution is -0.140. The zero-order valence-electron chi connectivity index (χ0n) is 16.9. The van der Waals surface area contributed by atoms with Crippen molar-refractivity contribution in [1.29, 1.82) is 0 Å². The van der Waals surface area contributed by atoms with Crippen LogP contribution in [0.25, 0.3) is 0 Å². The molecule has 7 heteroatoms. The van der Waals surface area contributed by atoms with E-state index in [1.807, 2.05) is 15.9 Å². The molecular formula is C22H30FN3O3. The van der Waals surface area contributed by atoms with Crippen molar-refractivity contribution in [3.8, 4) is 0 Å². The highest BCUT2D eigenvalue weighted by molar-refractivity contribution is 5.89. The molecule has 0 aromatic heterocycles. The Balaban J connectivity index is 1.37. The van der Waals surface area contributed by atoms with Gasteiger partial charge >= 0.3 is 0 Å². The van der Waals surface area contributed by atoms with Gasteiger partial charge in [0.15, 0.2) is 0 Å². The first-order valence-electron chi connectivity index (χ1n) is 10.7. The van der Waals surface area contributed by atoms with E-state index >= 15 is 0 Å². The second-order valence-electron chi connectivity index (χ2n) is 8.36. The standard InChI is InChI=1S/C22H30FN3O3/c23-19-5-3-4-18(16-19)22(6-1-2-7-22)21(28)26-10-8-24(9-11-26)17-20(27)25-12-14-29-15-13-25/h3-5,16H,1-2,6-15,17H2. The molecule has 0 N–H and O–H groups in total. The monoisotopic (exact) mass is 403 g/mol. The van der Waals surface area contributed by atoms with Gasteiger partial charge in [0, 0.05) is 39.3 Å². The molecule has 6 nitrogen and oxygen atoms in total. The molecule has 29 heavy (non-hydrogen) atoms. The minimum atomic E-state index is -0.589. The van der Waals surface area contributed by atoms with Crippen molar-refractivity contribution in [2.75, 3.05) is 59.0 Å². The second kappa shape index (κ2) is 8.79. The van der Waals surface area contributed by atoms with Crippen LogP contribution >= 0.6 is 0 Å². The van der Waals surface area contributed by atoms with Crippen molar-refractivity contribution in [1.82, 2.24) is 14.7 Å². The molecule has 0 atom stereocenters. The number of amides is 2. The number of rotatable bonds is 4. The lowest BCUT2D eigenvalue weighted by atomic mass is 9.77. The molecule has 1 aromatic rings. The molecule has 1 aromatic carbocycles. The summed E-state index contributed by atoms with van der Waals surface area (Å²) in [6, 6.07) is 6.55. The molecule has 1 aliphatic carbocycles.